The molecule has 0 aromatic heterocycles. The van der Waals surface area contributed by atoms with Gasteiger partial charge < -0.3 is 28.9 Å². The highest BCUT2D eigenvalue weighted by atomic mass is 28.4. The Morgan fingerprint density at radius 1 is 0.840 bits per heavy atom. The number of aldehydes is 1. The number of nitrogens with two attached hydrogens (primary N) is 1. The highest BCUT2D eigenvalue weighted by Crippen LogP contribution is 2.42. The van der Waals surface area contributed by atoms with Crippen LogP contribution in [0.5, 0.6) is 0 Å². The lowest BCUT2D eigenvalue weighted by Crippen LogP contribution is -2.51. The molecule has 50 heavy (non-hydrogen) atoms. The van der Waals surface area contributed by atoms with Crippen molar-refractivity contribution in [3.05, 3.63) is 59.2 Å². The minimum absolute atomic E-state index is 0.00573. The van der Waals surface area contributed by atoms with Gasteiger partial charge in [-0.2, -0.15) is 0 Å². The molecule has 286 valence electrons. The van der Waals surface area contributed by atoms with Gasteiger partial charge >= 0.3 is 6.09 Å². The number of ether oxygens (including phenoxy) is 2. The van der Waals surface area contributed by atoms with Crippen molar-refractivity contribution in [2.45, 2.75) is 157 Å². The fraction of sp³-hybridized carbons (Fsp3) is 0.707. The molecule has 1 rings (SSSR count). The van der Waals surface area contributed by atoms with Crippen LogP contribution < -0.4 is 5.73 Å². The van der Waals surface area contributed by atoms with Crippen LogP contribution in [0.2, 0.25) is 36.3 Å². The zero-order valence-corrected chi connectivity index (χ0v) is 36.5. The molecular weight excluding hydrogens is 659 g/mol. The Morgan fingerprint density at radius 3 is 1.88 bits per heavy atom. The van der Waals surface area contributed by atoms with Gasteiger partial charge in [-0.1, -0.05) is 117 Å². The van der Waals surface area contributed by atoms with Crippen LogP contribution in [0.25, 0.3) is 0 Å². The first kappa shape index (κ1) is 46.0. The molecule has 7 atom stereocenters. The normalized spacial score (nSPS) is 18.1. The maximum Gasteiger partial charge on any atom is 0.404 e. The van der Waals surface area contributed by atoms with Gasteiger partial charge in [-0.05, 0) is 73.6 Å². The van der Waals surface area contributed by atoms with E-state index in [1.807, 2.05) is 36.4 Å². The van der Waals surface area contributed by atoms with Gasteiger partial charge in [0.1, 0.15) is 12.4 Å². The van der Waals surface area contributed by atoms with Crippen LogP contribution in [-0.4, -0.2) is 53.9 Å². The summed E-state index contributed by atoms with van der Waals surface area (Å²) in [6, 6.07) is 10.1. The van der Waals surface area contributed by atoms with E-state index >= 15 is 0 Å². The van der Waals surface area contributed by atoms with Crippen molar-refractivity contribution in [2.75, 3.05) is 6.61 Å². The standard InChI is InChI=1S/C41H73NO6Si2/c1-29(25-31(3)36(30(2)21-20-24-43)47-49(13,14)40(7,8)9)26-32(4)38(48-50(15,16)41(10,11)12)34(6)37(46-39(42)44)33(5)27-45-28-35-22-18-17-19-23-35/h17-19,21-25,31-34,36-38H,20,26-28H2,1-16H3,(H2,42,44)/t31-,32?,33-,34?,36-,37?,38?/m0/s1. The molecule has 4 unspecified atom stereocenters. The van der Waals surface area contributed by atoms with Crippen LogP contribution >= 0.6 is 0 Å². The van der Waals surface area contributed by atoms with Crippen molar-refractivity contribution in [3.63, 3.8) is 0 Å². The molecule has 0 bridgehead atoms. The predicted molar refractivity (Wildman–Crippen MR) is 214 cm³/mol. The van der Waals surface area contributed by atoms with Crippen LogP contribution in [0.1, 0.15) is 101 Å². The quantitative estimate of drug-likeness (QED) is 0.0814. The first-order valence-electron chi connectivity index (χ1n) is 18.6. The minimum atomic E-state index is -2.23. The third-order valence-electron chi connectivity index (χ3n) is 11.0. The van der Waals surface area contributed by atoms with E-state index in [2.05, 4.69) is 115 Å². The van der Waals surface area contributed by atoms with E-state index in [9.17, 15) is 9.59 Å². The largest absolute Gasteiger partial charge is 0.446 e. The second-order valence-electron chi connectivity index (χ2n) is 17.8. The van der Waals surface area contributed by atoms with Gasteiger partial charge in [0.25, 0.3) is 0 Å². The summed E-state index contributed by atoms with van der Waals surface area (Å²) in [6.45, 7) is 36.4. The molecule has 1 amide bonds. The lowest BCUT2D eigenvalue weighted by Gasteiger charge is -2.45. The molecule has 0 spiro atoms. The number of hydrogen-bond acceptors (Lipinski definition) is 6. The second kappa shape index (κ2) is 19.7. The molecule has 7 nitrogen and oxygen atoms in total. The van der Waals surface area contributed by atoms with Crippen LogP contribution in [0.4, 0.5) is 4.79 Å². The highest BCUT2D eigenvalue weighted by molar-refractivity contribution is 6.74. The van der Waals surface area contributed by atoms with Gasteiger partial charge in [0, 0.05) is 24.2 Å². The summed E-state index contributed by atoms with van der Waals surface area (Å²) in [7, 11) is -4.33. The molecule has 2 N–H and O–H groups in total. The van der Waals surface area contributed by atoms with Gasteiger partial charge in [-0.15, -0.1) is 0 Å². The molecule has 0 radical (unpaired) electrons. The van der Waals surface area contributed by atoms with E-state index < -0.39 is 28.8 Å². The molecule has 0 heterocycles. The fourth-order valence-corrected chi connectivity index (χ4v) is 8.91. The van der Waals surface area contributed by atoms with E-state index in [1.165, 1.54) is 5.57 Å². The Kier molecular flexibility index (Phi) is 18.1. The topological polar surface area (TPSA) is 97.1 Å². The van der Waals surface area contributed by atoms with Crippen molar-refractivity contribution in [3.8, 4) is 0 Å². The fourth-order valence-electron chi connectivity index (χ4n) is 6.04. The summed E-state index contributed by atoms with van der Waals surface area (Å²) in [5, 5.41) is 0.0507. The molecule has 0 saturated heterocycles. The van der Waals surface area contributed by atoms with Gasteiger partial charge in [-0.25, -0.2) is 4.79 Å². The van der Waals surface area contributed by atoms with Gasteiger partial charge in [0.15, 0.2) is 16.6 Å². The van der Waals surface area contributed by atoms with Gasteiger partial charge in [0.2, 0.25) is 0 Å². The average Bonchev–Trinajstić information content (AvgIpc) is 2.98. The number of carbonyl (C=O) groups is 2. The SMILES string of the molecule is CC(=C[C@H](C)[C@@H](O[Si](C)(C)C(C)(C)C)C(C)=CCC=O)CC(C)C(O[Si](C)(C)C(C)(C)C)C(C)C(OC(N)=O)[C@@H](C)COCc1ccccc1. The Bertz CT molecular complexity index is 1250. The molecule has 1 aromatic carbocycles. The van der Waals surface area contributed by atoms with Crippen molar-refractivity contribution >= 4 is 29.0 Å². The van der Waals surface area contributed by atoms with Crippen LogP contribution in [0.3, 0.4) is 0 Å². The third-order valence-corrected chi connectivity index (χ3v) is 20.0. The maximum absolute atomic E-state index is 12.3. The van der Waals surface area contributed by atoms with E-state index in [0.29, 0.717) is 19.6 Å². The first-order valence-corrected chi connectivity index (χ1v) is 24.4. The number of allylic oxidation sites excluding steroid dienone is 2. The average molecular weight is 732 g/mol. The molecule has 1 aromatic rings. The molecule has 9 heteroatoms. The zero-order valence-electron chi connectivity index (χ0n) is 34.5. The van der Waals surface area contributed by atoms with Crippen LogP contribution in [0, 0.1) is 23.7 Å². The molecule has 0 aliphatic rings. The summed E-state index contributed by atoms with van der Waals surface area (Å²) in [6.07, 6.45) is 4.87. The number of hydrogen-bond donors (Lipinski definition) is 1. The van der Waals surface area contributed by atoms with Crippen molar-refractivity contribution in [2.24, 2.45) is 29.4 Å². The van der Waals surface area contributed by atoms with E-state index in [4.69, 9.17) is 24.1 Å². The van der Waals surface area contributed by atoms with E-state index in [-0.39, 0.29) is 46.0 Å². The lowest BCUT2D eigenvalue weighted by molar-refractivity contribution is -0.107. The highest BCUT2D eigenvalue weighted by Gasteiger charge is 2.44. The van der Waals surface area contributed by atoms with E-state index in [1.54, 1.807) is 0 Å². The lowest BCUT2D eigenvalue weighted by atomic mass is 9.81. The van der Waals surface area contributed by atoms with Crippen LogP contribution in [0.15, 0.2) is 53.6 Å². The molecule has 0 aliphatic carbocycles. The van der Waals surface area contributed by atoms with Crippen molar-refractivity contribution in [1.82, 2.24) is 0 Å². The number of carbonyl (C=O) groups excluding carboxylic acids is 2. The zero-order chi connectivity index (χ0) is 38.7. The smallest absolute Gasteiger partial charge is 0.404 e. The number of rotatable bonds is 20. The van der Waals surface area contributed by atoms with E-state index in [0.717, 1.165) is 23.8 Å². The minimum Gasteiger partial charge on any atom is -0.446 e. The molecular formula is C41H73NO6Si2. The summed E-state index contributed by atoms with van der Waals surface area (Å²) >= 11 is 0. The van der Waals surface area contributed by atoms with Crippen LogP contribution in [-0.2, 0) is 29.7 Å². The summed E-state index contributed by atoms with van der Waals surface area (Å²) in [5.41, 5.74) is 9.11. The molecule has 0 fully saturated rings. The molecule has 0 saturated carbocycles. The Balaban J connectivity index is 3.44. The number of primary amides is 1. The number of benzene rings is 1. The Morgan fingerprint density at radius 2 is 1.38 bits per heavy atom. The van der Waals surface area contributed by atoms with Crippen molar-refractivity contribution in [1.29, 1.82) is 0 Å². The Labute approximate surface area is 308 Å². The maximum atomic E-state index is 12.3. The van der Waals surface area contributed by atoms with Crippen molar-refractivity contribution < 1.29 is 27.9 Å². The Hall–Kier alpha value is -2.05. The predicted octanol–water partition coefficient (Wildman–Crippen LogP) is 10.9. The second-order valence-corrected chi connectivity index (χ2v) is 27.3. The first-order chi connectivity index (χ1) is 22.8. The molecule has 0 aliphatic heterocycles. The summed E-state index contributed by atoms with van der Waals surface area (Å²) in [4.78, 5) is 23.5. The third kappa shape index (κ3) is 14.5. The monoisotopic (exact) mass is 731 g/mol. The number of amides is 1. The summed E-state index contributed by atoms with van der Waals surface area (Å²) in [5.74, 6) is -0.0325. The van der Waals surface area contributed by atoms with Gasteiger partial charge in [0.05, 0.1) is 25.4 Å². The van der Waals surface area contributed by atoms with Gasteiger partial charge in [-0.3, -0.25) is 0 Å². The summed E-state index contributed by atoms with van der Waals surface area (Å²) < 4.78 is 26.2.